The lowest BCUT2D eigenvalue weighted by atomic mass is 9.99. The molecule has 0 spiro atoms. The molecule has 0 aliphatic carbocycles. The maximum Gasteiger partial charge on any atom is 0.146 e. The van der Waals surface area contributed by atoms with E-state index in [0.717, 1.165) is 33.4 Å². The average Bonchev–Trinajstić information content (AvgIpc) is 2.83. The molecule has 0 heterocycles. The fraction of sp³-hybridized carbons (Fsp3) is 0.588. The second-order valence-electron chi connectivity index (χ2n) is 12.7. The van der Waals surface area contributed by atoms with Gasteiger partial charge in [0.1, 0.15) is 27.6 Å². The molecule has 0 atom stereocenters. The van der Waals surface area contributed by atoms with Gasteiger partial charge in [-0.1, -0.05) is 94.9 Å². The van der Waals surface area contributed by atoms with Crippen molar-refractivity contribution in [3.8, 4) is 34.4 Å². The normalized spacial score (nSPS) is 12.4. The van der Waals surface area contributed by atoms with Crippen LogP contribution in [0.4, 0.5) is 0 Å². The summed E-state index contributed by atoms with van der Waals surface area (Å²) in [6.07, 6.45) is 0. The van der Waals surface area contributed by atoms with E-state index in [9.17, 15) is 0 Å². The van der Waals surface area contributed by atoms with Crippen LogP contribution in [0.15, 0.2) is 24.3 Å². The van der Waals surface area contributed by atoms with Crippen molar-refractivity contribution in [3.63, 3.8) is 0 Å². The van der Waals surface area contributed by atoms with Crippen molar-refractivity contribution in [1.29, 1.82) is 0 Å². The molecule has 0 aliphatic heterocycles. The van der Waals surface area contributed by atoms with E-state index in [0.29, 0.717) is 33.2 Å². The molecule has 2 nitrogen and oxygen atoms in total. The van der Waals surface area contributed by atoms with E-state index in [-0.39, 0.29) is 0 Å². The van der Waals surface area contributed by atoms with Gasteiger partial charge in [-0.15, -0.1) is 11.1 Å². The first-order chi connectivity index (χ1) is 17.7. The van der Waals surface area contributed by atoms with Crippen molar-refractivity contribution in [3.05, 3.63) is 35.4 Å². The quantitative estimate of drug-likeness (QED) is 0.241. The van der Waals surface area contributed by atoms with Crippen LogP contribution in [0.1, 0.15) is 94.2 Å². The molecular formula is C34H52O2Si2. The zero-order valence-corrected chi connectivity index (χ0v) is 28.6. The summed E-state index contributed by atoms with van der Waals surface area (Å²) in [6, 6.07) is 8.37. The first kappa shape index (κ1) is 32.1. The fourth-order valence-corrected chi connectivity index (χ4v) is 17.6. The maximum absolute atomic E-state index is 5.86. The molecule has 0 unspecified atom stereocenters. The highest BCUT2D eigenvalue weighted by Crippen LogP contribution is 2.43. The zero-order chi connectivity index (χ0) is 29.0. The van der Waals surface area contributed by atoms with Crippen LogP contribution in [0.3, 0.4) is 0 Å². The van der Waals surface area contributed by atoms with Gasteiger partial charge < -0.3 is 9.47 Å². The van der Waals surface area contributed by atoms with Gasteiger partial charge in [0.25, 0.3) is 0 Å². The third-order valence-corrected chi connectivity index (χ3v) is 21.7. The molecule has 38 heavy (non-hydrogen) atoms. The van der Waals surface area contributed by atoms with Crippen LogP contribution in [0.2, 0.25) is 33.2 Å². The molecule has 0 amide bonds. The number of benzene rings is 2. The number of hydrogen-bond donors (Lipinski definition) is 0. The minimum Gasteiger partial charge on any atom is -0.495 e. The van der Waals surface area contributed by atoms with E-state index in [1.165, 1.54) is 0 Å². The maximum atomic E-state index is 5.86. The summed E-state index contributed by atoms with van der Waals surface area (Å²) >= 11 is 0. The predicted octanol–water partition coefficient (Wildman–Crippen LogP) is 10.00. The van der Waals surface area contributed by atoms with Gasteiger partial charge in [0.05, 0.1) is 25.3 Å². The van der Waals surface area contributed by atoms with Crippen LogP contribution in [0, 0.1) is 22.9 Å². The van der Waals surface area contributed by atoms with Crippen molar-refractivity contribution in [1.82, 2.24) is 0 Å². The standard InChI is InChI=1S/C34H52O2Si2/c1-23(2)37(24(3)4,25(5)6)21-19-31-29-15-18-34(36-14)32(30(29)16-17-33(31)35-13)20-22-38(26(7)8,27(9)10)28(11)12/h15-18,23-28H,1-14H3. The summed E-state index contributed by atoms with van der Waals surface area (Å²) in [5.41, 5.74) is 13.2. The number of methoxy groups -OCH3 is 2. The van der Waals surface area contributed by atoms with Gasteiger partial charge in [0.2, 0.25) is 0 Å². The molecular weight excluding hydrogens is 497 g/mol. The Balaban J connectivity index is 2.96. The van der Waals surface area contributed by atoms with Gasteiger partial charge in [-0.05, 0) is 57.5 Å². The highest BCUT2D eigenvalue weighted by Gasteiger charge is 2.42. The van der Waals surface area contributed by atoms with Gasteiger partial charge in [-0.3, -0.25) is 0 Å². The summed E-state index contributed by atoms with van der Waals surface area (Å²) in [4.78, 5) is 0. The monoisotopic (exact) mass is 548 g/mol. The highest BCUT2D eigenvalue weighted by atomic mass is 28.3. The first-order valence-corrected chi connectivity index (χ1v) is 18.9. The molecule has 2 aromatic carbocycles. The van der Waals surface area contributed by atoms with E-state index in [4.69, 9.17) is 9.47 Å². The molecule has 4 heteroatoms. The number of fused-ring (bicyclic) bond motifs is 1. The molecule has 0 bridgehead atoms. The van der Waals surface area contributed by atoms with Gasteiger partial charge in [-0.2, -0.15) is 0 Å². The Kier molecular flexibility index (Phi) is 10.8. The number of hydrogen-bond acceptors (Lipinski definition) is 2. The second kappa shape index (κ2) is 12.8. The minimum absolute atomic E-state index is 0.568. The van der Waals surface area contributed by atoms with E-state index >= 15 is 0 Å². The van der Waals surface area contributed by atoms with Gasteiger partial charge in [0.15, 0.2) is 0 Å². The van der Waals surface area contributed by atoms with Crippen molar-refractivity contribution in [2.45, 2.75) is 116 Å². The topological polar surface area (TPSA) is 18.5 Å². The summed E-state index contributed by atoms with van der Waals surface area (Å²) in [6.45, 7) is 28.3. The van der Waals surface area contributed by atoms with Gasteiger partial charge in [-0.25, -0.2) is 0 Å². The van der Waals surface area contributed by atoms with Crippen molar-refractivity contribution in [2.24, 2.45) is 0 Å². The van der Waals surface area contributed by atoms with Gasteiger partial charge in [0, 0.05) is 10.8 Å². The summed E-state index contributed by atoms with van der Waals surface area (Å²) < 4.78 is 11.7. The van der Waals surface area contributed by atoms with E-state index in [1.54, 1.807) is 14.2 Å². The molecule has 0 N–H and O–H groups in total. The van der Waals surface area contributed by atoms with Gasteiger partial charge >= 0.3 is 0 Å². The Labute approximate surface area is 236 Å². The average molecular weight is 549 g/mol. The lowest BCUT2D eigenvalue weighted by Gasteiger charge is -2.38. The number of ether oxygens (including phenoxy) is 2. The Morgan fingerprint density at radius 1 is 0.474 bits per heavy atom. The SMILES string of the molecule is COc1ccc2c(C#C[Si](C(C)C)(C(C)C)C(C)C)c(OC)ccc2c1C#C[Si](C(C)C)(C(C)C)C(C)C. The number of rotatable bonds is 8. The molecule has 0 aliphatic rings. The lowest BCUT2D eigenvalue weighted by Crippen LogP contribution is -2.43. The molecule has 0 radical (unpaired) electrons. The van der Waals surface area contributed by atoms with E-state index < -0.39 is 16.1 Å². The van der Waals surface area contributed by atoms with Crippen molar-refractivity contribution < 1.29 is 9.47 Å². The second-order valence-corrected chi connectivity index (χ2v) is 23.8. The highest BCUT2D eigenvalue weighted by molar-refractivity contribution is 6.91. The molecule has 2 aromatic rings. The predicted molar refractivity (Wildman–Crippen MR) is 173 cm³/mol. The fourth-order valence-electron chi connectivity index (χ4n) is 7.17. The summed E-state index contributed by atoms with van der Waals surface area (Å²) in [5.74, 6) is 9.03. The van der Waals surface area contributed by atoms with Crippen LogP contribution in [-0.2, 0) is 0 Å². The van der Waals surface area contributed by atoms with Crippen LogP contribution >= 0.6 is 0 Å². The van der Waals surface area contributed by atoms with Crippen LogP contribution in [-0.4, -0.2) is 30.4 Å². The molecule has 0 saturated heterocycles. The first-order valence-electron chi connectivity index (χ1n) is 14.5. The Bertz CT molecular complexity index is 1090. The van der Waals surface area contributed by atoms with Crippen molar-refractivity contribution in [2.75, 3.05) is 14.2 Å². The summed E-state index contributed by atoms with van der Waals surface area (Å²) in [7, 11) is -0.336. The molecule has 0 aromatic heterocycles. The smallest absolute Gasteiger partial charge is 0.146 e. The van der Waals surface area contributed by atoms with Crippen molar-refractivity contribution >= 4 is 26.9 Å². The molecule has 2 rings (SSSR count). The third-order valence-electron chi connectivity index (χ3n) is 9.10. The Morgan fingerprint density at radius 3 is 0.947 bits per heavy atom. The van der Waals surface area contributed by atoms with Crippen LogP contribution in [0.5, 0.6) is 11.5 Å². The van der Waals surface area contributed by atoms with Crippen LogP contribution < -0.4 is 9.47 Å². The van der Waals surface area contributed by atoms with Crippen LogP contribution in [0.25, 0.3) is 10.8 Å². The van der Waals surface area contributed by atoms with E-state index in [1.807, 2.05) is 0 Å². The van der Waals surface area contributed by atoms with E-state index in [2.05, 4.69) is 130 Å². The third kappa shape index (κ3) is 5.73. The summed E-state index contributed by atoms with van der Waals surface area (Å²) in [5, 5.41) is 2.18. The lowest BCUT2D eigenvalue weighted by molar-refractivity contribution is 0.413. The Morgan fingerprint density at radius 2 is 0.737 bits per heavy atom. The molecule has 208 valence electrons. The zero-order valence-electron chi connectivity index (χ0n) is 26.6. The molecule has 0 fully saturated rings. The molecule has 0 saturated carbocycles. The Hall–Kier alpha value is -2.15. The largest absolute Gasteiger partial charge is 0.495 e. The minimum atomic E-state index is -1.91.